The van der Waals surface area contributed by atoms with Crippen molar-refractivity contribution in [1.29, 1.82) is 0 Å². The highest BCUT2D eigenvalue weighted by Crippen LogP contribution is 2.38. The second kappa shape index (κ2) is 5.62. The molecule has 1 aliphatic rings. The number of aromatic nitrogens is 1. The van der Waals surface area contributed by atoms with Gasteiger partial charge in [-0.05, 0) is 44.9 Å². The summed E-state index contributed by atoms with van der Waals surface area (Å²) in [5.41, 5.74) is 2.52. The van der Waals surface area contributed by atoms with E-state index in [0.717, 1.165) is 18.0 Å². The summed E-state index contributed by atoms with van der Waals surface area (Å²) >= 11 is 1.66. The van der Waals surface area contributed by atoms with E-state index in [2.05, 4.69) is 5.32 Å². The van der Waals surface area contributed by atoms with Crippen molar-refractivity contribution in [2.24, 2.45) is 0 Å². The van der Waals surface area contributed by atoms with Crippen LogP contribution in [0.25, 0.3) is 10.6 Å². The number of fused-ring (bicyclic) bond motifs is 1. The summed E-state index contributed by atoms with van der Waals surface area (Å²) in [5.74, 6) is 0.338. The van der Waals surface area contributed by atoms with Crippen LogP contribution in [0.1, 0.15) is 34.9 Å². The normalized spacial score (nSPS) is 18.1. The minimum Gasteiger partial charge on any atom is -0.319 e. The molecule has 0 saturated carbocycles. The summed E-state index contributed by atoms with van der Waals surface area (Å²) < 4.78 is 14.3. The van der Waals surface area contributed by atoms with Gasteiger partial charge >= 0.3 is 0 Å². The van der Waals surface area contributed by atoms with Crippen molar-refractivity contribution in [3.63, 3.8) is 0 Å². The molecule has 1 atom stereocenters. The van der Waals surface area contributed by atoms with E-state index < -0.39 is 0 Å². The van der Waals surface area contributed by atoms with E-state index in [1.807, 2.05) is 19.2 Å². The van der Waals surface area contributed by atoms with Crippen LogP contribution in [-0.4, -0.2) is 18.6 Å². The highest BCUT2D eigenvalue weighted by Gasteiger charge is 2.25. The molecule has 1 N–H and O–H groups in total. The van der Waals surface area contributed by atoms with Crippen molar-refractivity contribution in [1.82, 2.24) is 10.3 Å². The van der Waals surface area contributed by atoms with Gasteiger partial charge in [0.1, 0.15) is 10.8 Å². The van der Waals surface area contributed by atoms with Crippen molar-refractivity contribution >= 4 is 11.3 Å². The summed E-state index contributed by atoms with van der Waals surface area (Å²) in [6.07, 6.45) is 3.46. The molecule has 1 unspecified atom stereocenters. The van der Waals surface area contributed by atoms with Gasteiger partial charge in [0.25, 0.3) is 0 Å². The summed E-state index contributed by atoms with van der Waals surface area (Å²) in [4.78, 5) is 6.10. The number of benzene rings is 1. The molecule has 2 aromatic rings. The largest absolute Gasteiger partial charge is 0.319 e. The molecule has 3 rings (SSSR count). The van der Waals surface area contributed by atoms with Crippen LogP contribution in [0.4, 0.5) is 4.39 Å². The van der Waals surface area contributed by atoms with Crippen molar-refractivity contribution in [2.75, 3.05) is 13.6 Å². The number of likely N-dealkylation sites (N-methyl/N-ethyl adjacent to an activating group) is 1. The van der Waals surface area contributed by atoms with Crippen molar-refractivity contribution < 1.29 is 4.39 Å². The predicted molar refractivity (Wildman–Crippen MR) is 81.9 cm³/mol. The van der Waals surface area contributed by atoms with Crippen LogP contribution in [0, 0.1) is 12.7 Å². The molecule has 1 aromatic carbocycles. The molecule has 20 heavy (non-hydrogen) atoms. The summed E-state index contributed by atoms with van der Waals surface area (Å²) in [6, 6.07) is 5.54. The van der Waals surface area contributed by atoms with E-state index in [4.69, 9.17) is 4.98 Å². The quantitative estimate of drug-likeness (QED) is 0.927. The maximum absolute atomic E-state index is 14.3. The predicted octanol–water partition coefficient (Wildman–Crippen LogP) is 3.90. The third kappa shape index (κ3) is 2.38. The van der Waals surface area contributed by atoms with E-state index >= 15 is 0 Å². The molecule has 0 radical (unpaired) electrons. The number of nitrogens with zero attached hydrogens (tertiary/aromatic N) is 1. The fourth-order valence-electron chi connectivity index (χ4n) is 2.88. The van der Waals surface area contributed by atoms with Gasteiger partial charge in [-0.25, -0.2) is 9.37 Å². The Morgan fingerprint density at radius 1 is 1.45 bits per heavy atom. The zero-order valence-electron chi connectivity index (χ0n) is 11.9. The van der Waals surface area contributed by atoms with Crippen LogP contribution < -0.4 is 5.32 Å². The lowest BCUT2D eigenvalue weighted by Gasteiger charge is -2.20. The van der Waals surface area contributed by atoms with Gasteiger partial charge < -0.3 is 5.32 Å². The first-order valence-electron chi connectivity index (χ1n) is 7.10. The molecule has 0 saturated heterocycles. The van der Waals surface area contributed by atoms with Gasteiger partial charge in [-0.3, -0.25) is 0 Å². The standard InChI is InChI=1S/C16H19FN2S/c1-10-5-3-7-12(14(10)17)16-19-15-11(9-18-2)6-4-8-13(15)20-16/h3,5,7,11,18H,4,6,8-9H2,1-2H3. The number of nitrogens with one attached hydrogen (secondary N) is 1. The second-order valence-corrected chi connectivity index (χ2v) is 6.49. The van der Waals surface area contributed by atoms with E-state index in [-0.39, 0.29) is 5.82 Å². The Morgan fingerprint density at radius 2 is 2.30 bits per heavy atom. The number of hydrogen-bond donors (Lipinski definition) is 1. The first-order valence-corrected chi connectivity index (χ1v) is 7.92. The lowest BCUT2D eigenvalue weighted by Crippen LogP contribution is -2.20. The molecule has 4 heteroatoms. The van der Waals surface area contributed by atoms with Gasteiger partial charge in [0.2, 0.25) is 0 Å². The maximum atomic E-state index is 14.3. The highest BCUT2D eigenvalue weighted by molar-refractivity contribution is 7.15. The van der Waals surface area contributed by atoms with Crippen LogP contribution in [0.15, 0.2) is 18.2 Å². The lowest BCUT2D eigenvalue weighted by atomic mass is 9.91. The van der Waals surface area contributed by atoms with Crippen LogP contribution >= 0.6 is 11.3 Å². The zero-order chi connectivity index (χ0) is 14.1. The Bertz CT molecular complexity index is 621. The molecule has 0 amide bonds. The van der Waals surface area contributed by atoms with Crippen LogP contribution in [-0.2, 0) is 6.42 Å². The molecule has 1 heterocycles. The molecular formula is C16H19FN2S. The van der Waals surface area contributed by atoms with E-state index in [9.17, 15) is 4.39 Å². The third-order valence-electron chi connectivity index (χ3n) is 3.94. The fraction of sp³-hybridized carbons (Fsp3) is 0.438. The monoisotopic (exact) mass is 290 g/mol. The highest BCUT2D eigenvalue weighted by atomic mass is 32.1. The molecular weight excluding hydrogens is 271 g/mol. The summed E-state index contributed by atoms with van der Waals surface area (Å²) in [6.45, 7) is 2.75. The molecule has 1 aromatic heterocycles. The van der Waals surface area contributed by atoms with E-state index in [1.54, 1.807) is 24.3 Å². The summed E-state index contributed by atoms with van der Waals surface area (Å²) in [5, 5.41) is 4.07. The minimum atomic E-state index is -0.135. The molecule has 1 aliphatic carbocycles. The van der Waals surface area contributed by atoms with Crippen LogP contribution in [0.2, 0.25) is 0 Å². The maximum Gasteiger partial charge on any atom is 0.136 e. The average molecular weight is 290 g/mol. The van der Waals surface area contributed by atoms with Gasteiger partial charge in [-0.2, -0.15) is 0 Å². The molecule has 106 valence electrons. The molecule has 0 aliphatic heterocycles. The molecule has 0 fully saturated rings. The van der Waals surface area contributed by atoms with Crippen molar-refractivity contribution in [2.45, 2.75) is 32.1 Å². The van der Waals surface area contributed by atoms with Gasteiger partial charge in [0, 0.05) is 22.9 Å². The number of rotatable bonds is 3. The van der Waals surface area contributed by atoms with Crippen LogP contribution in [0.3, 0.4) is 0 Å². The zero-order valence-corrected chi connectivity index (χ0v) is 12.7. The third-order valence-corrected chi connectivity index (χ3v) is 5.11. The van der Waals surface area contributed by atoms with Gasteiger partial charge in [0.15, 0.2) is 0 Å². The van der Waals surface area contributed by atoms with Crippen LogP contribution in [0.5, 0.6) is 0 Å². The Kier molecular flexibility index (Phi) is 3.85. The smallest absolute Gasteiger partial charge is 0.136 e. The Hall–Kier alpha value is -1.26. The Morgan fingerprint density at radius 3 is 3.10 bits per heavy atom. The lowest BCUT2D eigenvalue weighted by molar-refractivity contribution is 0.523. The Labute approximate surface area is 123 Å². The average Bonchev–Trinajstić information content (AvgIpc) is 2.87. The Balaban J connectivity index is 2.02. The number of halogens is 1. The summed E-state index contributed by atoms with van der Waals surface area (Å²) in [7, 11) is 1.97. The van der Waals surface area contributed by atoms with Crippen molar-refractivity contribution in [3.8, 4) is 10.6 Å². The van der Waals surface area contributed by atoms with Crippen molar-refractivity contribution in [3.05, 3.63) is 40.2 Å². The van der Waals surface area contributed by atoms with Gasteiger partial charge in [-0.15, -0.1) is 11.3 Å². The second-order valence-electron chi connectivity index (χ2n) is 5.41. The molecule has 0 spiro atoms. The number of hydrogen-bond acceptors (Lipinski definition) is 3. The molecule has 2 nitrogen and oxygen atoms in total. The number of aryl methyl sites for hydroxylation is 2. The topological polar surface area (TPSA) is 24.9 Å². The van der Waals surface area contributed by atoms with Gasteiger partial charge in [0.05, 0.1) is 5.69 Å². The SMILES string of the molecule is CNCC1CCCc2sc(-c3cccc(C)c3F)nc21. The number of thiazole rings is 1. The fourth-order valence-corrected chi connectivity index (χ4v) is 4.09. The van der Waals surface area contributed by atoms with E-state index in [0.29, 0.717) is 17.0 Å². The van der Waals surface area contributed by atoms with Gasteiger partial charge in [-0.1, -0.05) is 12.1 Å². The minimum absolute atomic E-state index is 0.135. The first-order chi connectivity index (χ1) is 9.70. The van der Waals surface area contributed by atoms with E-state index in [1.165, 1.54) is 23.4 Å². The first kappa shape index (κ1) is 13.7. The molecule has 0 bridgehead atoms.